The first-order chi connectivity index (χ1) is 15.8. The number of nitrogens with zero attached hydrogens (tertiary/aromatic N) is 1. The fraction of sp³-hybridized carbons (Fsp3) is 0.120. The number of ketones is 1. The molecule has 5 nitrogen and oxygen atoms in total. The van der Waals surface area contributed by atoms with Gasteiger partial charge in [0, 0.05) is 11.3 Å². The van der Waals surface area contributed by atoms with E-state index in [1.807, 2.05) is 0 Å². The maximum Gasteiger partial charge on any atom is 0.300 e. The average Bonchev–Trinajstić information content (AvgIpc) is 3.06. The van der Waals surface area contributed by atoms with Crippen molar-refractivity contribution in [2.75, 3.05) is 11.5 Å². The molecule has 1 fully saturated rings. The zero-order valence-corrected chi connectivity index (χ0v) is 18.1. The third-order valence-electron chi connectivity index (χ3n) is 5.24. The van der Waals surface area contributed by atoms with Crippen molar-refractivity contribution in [1.29, 1.82) is 0 Å². The molecule has 0 radical (unpaired) electrons. The Bertz CT molecular complexity index is 1260. The largest absolute Gasteiger partial charge is 0.507 e. The zero-order chi connectivity index (χ0) is 23.7. The summed E-state index contributed by atoms with van der Waals surface area (Å²) >= 11 is 6.29. The Hall–Kier alpha value is -3.71. The van der Waals surface area contributed by atoms with Crippen LogP contribution in [-0.4, -0.2) is 23.4 Å². The first kappa shape index (κ1) is 22.5. The van der Waals surface area contributed by atoms with Crippen molar-refractivity contribution in [2.45, 2.75) is 13.0 Å². The molecule has 0 aliphatic carbocycles. The highest BCUT2D eigenvalue weighted by Crippen LogP contribution is 2.43. The number of rotatable bonds is 5. The quantitative estimate of drug-likeness (QED) is 0.298. The number of anilines is 1. The molecule has 0 bridgehead atoms. The van der Waals surface area contributed by atoms with Crippen LogP contribution in [0.1, 0.15) is 24.1 Å². The van der Waals surface area contributed by atoms with Crippen molar-refractivity contribution in [1.82, 2.24) is 0 Å². The van der Waals surface area contributed by atoms with E-state index in [9.17, 15) is 23.5 Å². The van der Waals surface area contributed by atoms with Crippen molar-refractivity contribution < 1.29 is 28.2 Å². The summed E-state index contributed by atoms with van der Waals surface area (Å²) in [4.78, 5) is 27.3. The van der Waals surface area contributed by atoms with Gasteiger partial charge in [-0.25, -0.2) is 8.78 Å². The standard InChI is InChI=1S/C25H18ClF2NO4/c1-2-33-18-11-12-20(26)19(13-18)23(30)21-22(14-3-5-15(27)6-4-14)29(25(32)24(21)31)17-9-7-16(28)8-10-17/h3-13,22,30H,2H2,1H3/b23-21+. The summed E-state index contributed by atoms with van der Waals surface area (Å²) in [7, 11) is 0. The van der Waals surface area contributed by atoms with E-state index in [-0.39, 0.29) is 21.8 Å². The number of carbonyl (C=O) groups is 2. The highest BCUT2D eigenvalue weighted by atomic mass is 35.5. The predicted molar refractivity (Wildman–Crippen MR) is 120 cm³/mol. The van der Waals surface area contributed by atoms with Gasteiger partial charge >= 0.3 is 0 Å². The van der Waals surface area contributed by atoms with Gasteiger partial charge < -0.3 is 9.84 Å². The molecule has 0 spiro atoms. The van der Waals surface area contributed by atoms with Crippen molar-refractivity contribution in [3.63, 3.8) is 0 Å². The highest BCUT2D eigenvalue weighted by Gasteiger charge is 2.47. The second-order valence-electron chi connectivity index (χ2n) is 7.27. The van der Waals surface area contributed by atoms with E-state index in [1.54, 1.807) is 13.0 Å². The van der Waals surface area contributed by atoms with Crippen LogP contribution in [0, 0.1) is 11.6 Å². The molecule has 1 atom stereocenters. The Morgan fingerprint density at radius 3 is 2.21 bits per heavy atom. The highest BCUT2D eigenvalue weighted by molar-refractivity contribution is 6.52. The van der Waals surface area contributed by atoms with Gasteiger partial charge in [-0.2, -0.15) is 0 Å². The maximum atomic E-state index is 13.6. The summed E-state index contributed by atoms with van der Waals surface area (Å²) in [6, 6.07) is 13.7. The lowest BCUT2D eigenvalue weighted by Crippen LogP contribution is -2.29. The van der Waals surface area contributed by atoms with Crippen LogP contribution < -0.4 is 9.64 Å². The molecule has 1 heterocycles. The van der Waals surface area contributed by atoms with Gasteiger partial charge in [-0.3, -0.25) is 14.5 Å². The van der Waals surface area contributed by atoms with Crippen molar-refractivity contribution >= 4 is 34.7 Å². The third-order valence-corrected chi connectivity index (χ3v) is 5.57. The molecule has 1 N–H and O–H groups in total. The number of carbonyl (C=O) groups excluding carboxylic acids is 2. The molecular formula is C25H18ClF2NO4. The number of hydrogen-bond donors (Lipinski definition) is 1. The lowest BCUT2D eigenvalue weighted by molar-refractivity contribution is -0.132. The van der Waals surface area contributed by atoms with Crippen LogP contribution in [0.25, 0.3) is 5.76 Å². The van der Waals surface area contributed by atoms with Crippen LogP contribution in [0.4, 0.5) is 14.5 Å². The summed E-state index contributed by atoms with van der Waals surface area (Å²) in [6.07, 6.45) is 0. The molecule has 4 rings (SSSR count). The SMILES string of the molecule is CCOc1ccc(Cl)c(/C(O)=C2\C(=O)C(=O)N(c3ccc(F)cc3)C2c2ccc(F)cc2)c1. The molecule has 8 heteroatoms. The topological polar surface area (TPSA) is 66.8 Å². The number of Topliss-reactive ketones (excluding diaryl/α,β-unsaturated/α-hetero) is 1. The van der Waals surface area contributed by atoms with E-state index < -0.39 is 35.1 Å². The molecule has 168 valence electrons. The van der Waals surface area contributed by atoms with Gasteiger partial charge in [-0.05, 0) is 67.1 Å². The number of benzene rings is 3. The Morgan fingerprint density at radius 2 is 1.61 bits per heavy atom. The Kier molecular flexibility index (Phi) is 6.16. The number of halogens is 3. The maximum absolute atomic E-state index is 13.6. The minimum absolute atomic E-state index is 0.104. The number of ether oxygens (including phenoxy) is 1. The van der Waals surface area contributed by atoms with Gasteiger partial charge in [0.2, 0.25) is 0 Å². The number of aliphatic hydroxyl groups is 1. The van der Waals surface area contributed by atoms with E-state index in [0.29, 0.717) is 17.9 Å². The predicted octanol–water partition coefficient (Wildman–Crippen LogP) is 5.64. The fourth-order valence-electron chi connectivity index (χ4n) is 3.75. The van der Waals surface area contributed by atoms with Gasteiger partial charge in [0.1, 0.15) is 23.1 Å². The summed E-state index contributed by atoms with van der Waals surface area (Å²) in [6.45, 7) is 2.16. The van der Waals surface area contributed by atoms with Crippen LogP contribution in [0.2, 0.25) is 5.02 Å². The van der Waals surface area contributed by atoms with Crippen LogP contribution in [0.5, 0.6) is 5.75 Å². The molecule has 1 aliphatic rings. The van der Waals surface area contributed by atoms with Gasteiger partial charge in [-0.1, -0.05) is 23.7 Å². The lowest BCUT2D eigenvalue weighted by atomic mass is 9.95. The van der Waals surface area contributed by atoms with E-state index >= 15 is 0 Å². The third kappa shape index (κ3) is 4.19. The van der Waals surface area contributed by atoms with E-state index in [0.717, 1.165) is 17.0 Å². The molecule has 0 aromatic heterocycles. The molecule has 33 heavy (non-hydrogen) atoms. The van der Waals surface area contributed by atoms with E-state index in [2.05, 4.69) is 0 Å². The second-order valence-corrected chi connectivity index (χ2v) is 7.68. The normalized spacial score (nSPS) is 17.5. The minimum Gasteiger partial charge on any atom is -0.507 e. The first-order valence-corrected chi connectivity index (χ1v) is 10.4. The number of hydrogen-bond acceptors (Lipinski definition) is 4. The summed E-state index contributed by atoms with van der Waals surface area (Å²) in [5.74, 6) is -3.00. The molecule has 3 aromatic carbocycles. The molecular weight excluding hydrogens is 452 g/mol. The van der Waals surface area contributed by atoms with Crippen LogP contribution in [-0.2, 0) is 9.59 Å². The second kappa shape index (κ2) is 9.03. The van der Waals surface area contributed by atoms with Gasteiger partial charge in [-0.15, -0.1) is 0 Å². The van der Waals surface area contributed by atoms with Gasteiger partial charge in [0.25, 0.3) is 11.7 Å². The molecule has 1 saturated heterocycles. The van der Waals surface area contributed by atoms with Crippen LogP contribution in [0.3, 0.4) is 0 Å². The van der Waals surface area contributed by atoms with Crippen LogP contribution in [0.15, 0.2) is 72.3 Å². The molecule has 1 unspecified atom stereocenters. The Balaban J connectivity index is 1.94. The van der Waals surface area contributed by atoms with Crippen molar-refractivity contribution in [3.05, 3.63) is 100 Å². The summed E-state index contributed by atoms with van der Waals surface area (Å²) in [5, 5.41) is 11.3. The zero-order valence-electron chi connectivity index (χ0n) is 17.4. The number of amides is 1. The fourth-order valence-corrected chi connectivity index (χ4v) is 3.96. The molecule has 1 aliphatic heterocycles. The molecule has 1 amide bonds. The van der Waals surface area contributed by atoms with Crippen molar-refractivity contribution in [3.8, 4) is 5.75 Å². The summed E-state index contributed by atoms with van der Waals surface area (Å²) in [5.41, 5.74) is 0.484. The number of aliphatic hydroxyl groups excluding tert-OH is 1. The monoisotopic (exact) mass is 469 g/mol. The first-order valence-electron chi connectivity index (χ1n) is 10.1. The van der Waals surface area contributed by atoms with Crippen LogP contribution >= 0.6 is 11.6 Å². The molecule has 3 aromatic rings. The molecule has 0 saturated carbocycles. The van der Waals surface area contributed by atoms with Gasteiger partial charge in [0.15, 0.2) is 0 Å². The minimum atomic E-state index is -1.09. The average molecular weight is 470 g/mol. The van der Waals surface area contributed by atoms with E-state index in [4.69, 9.17) is 16.3 Å². The van der Waals surface area contributed by atoms with E-state index in [1.165, 1.54) is 48.5 Å². The Morgan fingerprint density at radius 1 is 1.00 bits per heavy atom. The smallest absolute Gasteiger partial charge is 0.300 e. The van der Waals surface area contributed by atoms with Crippen molar-refractivity contribution in [2.24, 2.45) is 0 Å². The van der Waals surface area contributed by atoms with Gasteiger partial charge in [0.05, 0.1) is 23.2 Å². The lowest BCUT2D eigenvalue weighted by Gasteiger charge is -2.25. The summed E-state index contributed by atoms with van der Waals surface area (Å²) < 4.78 is 32.6. The Labute approximate surface area is 193 Å².